The molecule has 1 atom stereocenters. The maximum Gasteiger partial charge on any atom is 0.279 e. The number of benzene rings is 2. The van der Waals surface area contributed by atoms with Gasteiger partial charge in [-0.15, -0.1) is 0 Å². The summed E-state index contributed by atoms with van der Waals surface area (Å²) in [7, 11) is 3.45. The van der Waals surface area contributed by atoms with Gasteiger partial charge in [-0.1, -0.05) is 30.3 Å². The maximum atomic E-state index is 12.6. The normalized spacial score (nSPS) is 14.2. The number of nitrogens with zero attached hydrogens (tertiary/aromatic N) is 1. The summed E-state index contributed by atoms with van der Waals surface area (Å²) >= 11 is 0. The molecule has 2 aromatic carbocycles. The lowest BCUT2D eigenvalue weighted by atomic mass is 10.00. The molecule has 3 rings (SSSR count). The molecule has 0 saturated heterocycles. The van der Waals surface area contributed by atoms with Crippen molar-refractivity contribution in [2.24, 2.45) is 0 Å². The van der Waals surface area contributed by atoms with Crippen molar-refractivity contribution >= 4 is 17.5 Å². The van der Waals surface area contributed by atoms with Gasteiger partial charge >= 0.3 is 0 Å². The molecule has 0 radical (unpaired) electrons. The standard InChI is InChI=1S/C21H25N3O3/c1-23(14-20(25)22-18-8-5-9-19(12-18)27-2)15-21(26)24-11-10-16-6-3-4-7-17(16)13-24/h3-9,12H,10-11,13-15H2,1-2H3,(H,22,25)/p+1. The fourth-order valence-electron chi connectivity index (χ4n) is 3.32. The second-order valence-electron chi connectivity index (χ2n) is 6.92. The minimum atomic E-state index is -0.127. The predicted molar refractivity (Wildman–Crippen MR) is 104 cm³/mol. The quantitative estimate of drug-likeness (QED) is 0.790. The Morgan fingerprint density at radius 2 is 1.89 bits per heavy atom. The summed E-state index contributed by atoms with van der Waals surface area (Å²) < 4.78 is 5.16. The van der Waals surface area contributed by atoms with Crippen LogP contribution in [0.4, 0.5) is 5.69 Å². The van der Waals surface area contributed by atoms with Crippen molar-refractivity contribution in [2.75, 3.05) is 39.1 Å². The molecule has 1 heterocycles. The highest BCUT2D eigenvalue weighted by Crippen LogP contribution is 2.18. The van der Waals surface area contributed by atoms with E-state index in [1.54, 1.807) is 13.2 Å². The molecular formula is C21H26N3O3+. The Kier molecular flexibility index (Phi) is 6.08. The van der Waals surface area contributed by atoms with Gasteiger partial charge in [0.1, 0.15) is 5.75 Å². The van der Waals surface area contributed by atoms with Gasteiger partial charge in [-0.25, -0.2) is 0 Å². The van der Waals surface area contributed by atoms with E-state index in [0.717, 1.165) is 17.9 Å². The summed E-state index contributed by atoms with van der Waals surface area (Å²) in [5.41, 5.74) is 3.22. The summed E-state index contributed by atoms with van der Waals surface area (Å²) in [6, 6.07) is 15.5. The van der Waals surface area contributed by atoms with Crippen molar-refractivity contribution in [3.8, 4) is 5.75 Å². The molecule has 0 bridgehead atoms. The zero-order valence-corrected chi connectivity index (χ0v) is 15.8. The molecule has 0 saturated carbocycles. The first-order chi connectivity index (χ1) is 13.0. The van der Waals surface area contributed by atoms with Crippen LogP contribution in [0.1, 0.15) is 11.1 Å². The van der Waals surface area contributed by atoms with Crippen molar-refractivity contribution in [3.63, 3.8) is 0 Å². The first-order valence-corrected chi connectivity index (χ1v) is 9.15. The molecule has 0 aromatic heterocycles. The van der Waals surface area contributed by atoms with Crippen LogP contribution in [-0.4, -0.2) is 50.5 Å². The molecule has 2 N–H and O–H groups in total. The molecule has 142 valence electrons. The molecular weight excluding hydrogens is 342 g/mol. The number of nitrogens with one attached hydrogen (secondary N) is 2. The van der Waals surface area contributed by atoms with Gasteiger partial charge in [0.25, 0.3) is 11.8 Å². The van der Waals surface area contributed by atoms with Crippen LogP contribution in [0.15, 0.2) is 48.5 Å². The van der Waals surface area contributed by atoms with Crippen LogP contribution in [0.5, 0.6) is 5.75 Å². The third-order valence-corrected chi connectivity index (χ3v) is 4.75. The first-order valence-electron chi connectivity index (χ1n) is 9.15. The summed E-state index contributed by atoms with van der Waals surface area (Å²) in [4.78, 5) is 27.6. The first kappa shape index (κ1) is 18.9. The number of fused-ring (bicyclic) bond motifs is 1. The topological polar surface area (TPSA) is 63.1 Å². The van der Waals surface area contributed by atoms with Gasteiger partial charge in [0.2, 0.25) is 0 Å². The van der Waals surface area contributed by atoms with Gasteiger partial charge in [-0.3, -0.25) is 9.59 Å². The van der Waals surface area contributed by atoms with Crippen molar-refractivity contribution in [1.29, 1.82) is 0 Å². The number of hydrogen-bond donors (Lipinski definition) is 2. The van der Waals surface area contributed by atoms with Crippen LogP contribution in [0.3, 0.4) is 0 Å². The summed E-state index contributed by atoms with van der Waals surface area (Å²) in [5, 5.41) is 2.85. The van der Waals surface area contributed by atoms with E-state index in [1.807, 2.05) is 42.3 Å². The molecule has 1 unspecified atom stereocenters. The number of carbonyl (C=O) groups excluding carboxylic acids is 2. The molecule has 0 aliphatic carbocycles. The number of anilines is 1. The highest BCUT2D eigenvalue weighted by molar-refractivity contribution is 5.91. The second kappa shape index (κ2) is 8.68. The number of methoxy groups -OCH3 is 1. The van der Waals surface area contributed by atoms with Gasteiger partial charge in [-0.05, 0) is 29.7 Å². The van der Waals surface area contributed by atoms with Gasteiger partial charge in [-0.2, -0.15) is 0 Å². The Morgan fingerprint density at radius 3 is 2.67 bits per heavy atom. The van der Waals surface area contributed by atoms with Crippen LogP contribution in [0.2, 0.25) is 0 Å². The van der Waals surface area contributed by atoms with Crippen LogP contribution >= 0.6 is 0 Å². The van der Waals surface area contributed by atoms with Crippen LogP contribution < -0.4 is 15.0 Å². The highest BCUT2D eigenvalue weighted by Gasteiger charge is 2.23. The van der Waals surface area contributed by atoms with E-state index in [4.69, 9.17) is 4.74 Å². The molecule has 1 aliphatic heterocycles. The van der Waals surface area contributed by atoms with Gasteiger partial charge in [0, 0.05) is 24.8 Å². The second-order valence-corrected chi connectivity index (χ2v) is 6.92. The molecule has 0 spiro atoms. The summed E-state index contributed by atoms with van der Waals surface area (Å²) in [5.74, 6) is 0.641. The van der Waals surface area contributed by atoms with Crippen LogP contribution in [0.25, 0.3) is 0 Å². The van der Waals surface area contributed by atoms with E-state index in [-0.39, 0.29) is 18.4 Å². The maximum absolute atomic E-state index is 12.6. The highest BCUT2D eigenvalue weighted by atomic mass is 16.5. The Hall–Kier alpha value is -2.86. The molecule has 1 aliphatic rings. The van der Waals surface area contributed by atoms with Crippen LogP contribution in [-0.2, 0) is 22.6 Å². The molecule has 6 nitrogen and oxygen atoms in total. The fraction of sp³-hybridized carbons (Fsp3) is 0.333. The molecule has 6 heteroatoms. The fourth-order valence-corrected chi connectivity index (χ4v) is 3.32. The van der Waals surface area contributed by atoms with E-state index in [0.29, 0.717) is 24.5 Å². The zero-order chi connectivity index (χ0) is 19.2. The average molecular weight is 368 g/mol. The zero-order valence-electron chi connectivity index (χ0n) is 15.8. The molecule has 2 amide bonds. The van der Waals surface area contributed by atoms with Crippen molar-refractivity contribution in [1.82, 2.24) is 4.90 Å². The molecule has 2 aromatic rings. The number of likely N-dealkylation sites (N-methyl/N-ethyl adjacent to an activating group) is 1. The lowest BCUT2D eigenvalue weighted by molar-refractivity contribution is -0.862. The number of quaternary nitrogens is 1. The van der Waals surface area contributed by atoms with Gasteiger partial charge in [0.05, 0.1) is 14.2 Å². The SMILES string of the molecule is COc1cccc(NC(=O)C[NH+](C)CC(=O)N2CCc3ccccc3C2)c1. The predicted octanol–water partition coefficient (Wildman–Crippen LogP) is 0.733. The third-order valence-electron chi connectivity index (χ3n) is 4.75. The minimum Gasteiger partial charge on any atom is -0.497 e. The number of carbonyl (C=O) groups is 2. The largest absolute Gasteiger partial charge is 0.497 e. The number of rotatable bonds is 6. The van der Waals surface area contributed by atoms with E-state index in [2.05, 4.69) is 17.4 Å². The van der Waals surface area contributed by atoms with Crippen molar-refractivity contribution < 1.29 is 19.2 Å². The molecule has 0 fully saturated rings. The minimum absolute atomic E-state index is 0.0798. The monoisotopic (exact) mass is 368 g/mol. The Morgan fingerprint density at radius 1 is 1.11 bits per heavy atom. The number of hydrogen-bond acceptors (Lipinski definition) is 3. The smallest absolute Gasteiger partial charge is 0.279 e. The van der Waals surface area contributed by atoms with E-state index in [1.165, 1.54) is 11.1 Å². The van der Waals surface area contributed by atoms with Gasteiger partial charge in [0.15, 0.2) is 13.1 Å². The van der Waals surface area contributed by atoms with Crippen molar-refractivity contribution in [3.05, 3.63) is 59.7 Å². The van der Waals surface area contributed by atoms with Gasteiger partial charge < -0.3 is 19.9 Å². The Labute approximate surface area is 159 Å². The summed E-state index contributed by atoms with van der Waals surface area (Å²) in [6.07, 6.45) is 0.886. The van der Waals surface area contributed by atoms with Crippen molar-refractivity contribution in [2.45, 2.75) is 13.0 Å². The van der Waals surface area contributed by atoms with E-state index < -0.39 is 0 Å². The number of amides is 2. The molecule has 27 heavy (non-hydrogen) atoms. The lowest BCUT2D eigenvalue weighted by Gasteiger charge is -2.29. The van der Waals surface area contributed by atoms with Crippen LogP contribution in [0, 0.1) is 0 Å². The lowest BCUT2D eigenvalue weighted by Crippen LogP contribution is -3.11. The Bertz CT molecular complexity index is 822. The summed E-state index contributed by atoms with van der Waals surface area (Å²) in [6.45, 7) is 1.92. The average Bonchev–Trinajstić information content (AvgIpc) is 2.67. The number of ether oxygens (including phenoxy) is 1. The Balaban J connectivity index is 1.49. The third kappa shape index (κ3) is 5.08. The van der Waals surface area contributed by atoms with E-state index in [9.17, 15) is 9.59 Å². The van der Waals surface area contributed by atoms with E-state index >= 15 is 0 Å².